The second kappa shape index (κ2) is 3.85. The Balaban J connectivity index is 2.83. The molecule has 18 heavy (non-hydrogen) atoms. The summed E-state index contributed by atoms with van der Waals surface area (Å²) >= 11 is 0. The number of nitrogens with zero attached hydrogens (tertiary/aromatic N) is 2. The first kappa shape index (κ1) is 12.7. The molecule has 5 heteroatoms. The van der Waals surface area contributed by atoms with E-state index in [1.165, 1.54) is 13.8 Å². The number of fused-ring (bicyclic) bond motifs is 1. The van der Waals surface area contributed by atoms with Crippen molar-refractivity contribution >= 4 is 20.7 Å². The van der Waals surface area contributed by atoms with Crippen molar-refractivity contribution < 1.29 is 8.42 Å². The lowest BCUT2D eigenvalue weighted by Crippen LogP contribution is -2.27. The SMILES string of the molecule is [C-]#[N+]C(C)(C)S(=O)(=O)c1cn(C)c2ccccc12. The maximum atomic E-state index is 12.5. The Labute approximate surface area is 107 Å². The molecule has 0 aliphatic carbocycles. The Kier molecular flexibility index (Phi) is 2.71. The number of aryl methyl sites for hydroxylation is 1. The van der Waals surface area contributed by atoms with Gasteiger partial charge in [-0.05, 0) is 6.07 Å². The molecule has 0 atom stereocenters. The van der Waals surface area contributed by atoms with Crippen LogP contribution in [0.15, 0.2) is 35.4 Å². The lowest BCUT2D eigenvalue weighted by atomic mass is 10.2. The van der Waals surface area contributed by atoms with Crippen LogP contribution in [0.1, 0.15) is 13.8 Å². The van der Waals surface area contributed by atoms with Crippen molar-refractivity contribution in [3.05, 3.63) is 41.9 Å². The molecule has 0 aliphatic rings. The maximum Gasteiger partial charge on any atom is 0.328 e. The molecular weight excluding hydrogens is 248 g/mol. The second-order valence-electron chi connectivity index (χ2n) is 4.68. The molecule has 0 bridgehead atoms. The summed E-state index contributed by atoms with van der Waals surface area (Å²) in [6.07, 6.45) is 1.58. The Morgan fingerprint density at radius 2 is 1.89 bits per heavy atom. The second-order valence-corrected chi connectivity index (χ2v) is 7.13. The van der Waals surface area contributed by atoms with Crippen LogP contribution in [0.25, 0.3) is 15.7 Å². The standard InChI is InChI=1S/C13H14N2O2S/c1-13(2,14-3)18(16,17)12-9-15(4)11-8-6-5-7-10(11)12/h5-9H,1-2,4H3. The number of rotatable bonds is 2. The minimum Gasteiger partial charge on any atom is -0.349 e. The van der Waals surface area contributed by atoms with Crippen molar-refractivity contribution in [2.24, 2.45) is 7.05 Å². The monoisotopic (exact) mass is 262 g/mol. The van der Waals surface area contributed by atoms with Crippen LogP contribution in [-0.2, 0) is 16.9 Å². The van der Waals surface area contributed by atoms with Crippen molar-refractivity contribution in [2.75, 3.05) is 0 Å². The molecule has 2 aromatic rings. The van der Waals surface area contributed by atoms with Gasteiger partial charge >= 0.3 is 4.87 Å². The molecular formula is C13H14N2O2S. The van der Waals surface area contributed by atoms with Crippen LogP contribution in [-0.4, -0.2) is 17.9 Å². The van der Waals surface area contributed by atoms with E-state index in [1.807, 2.05) is 12.1 Å². The number of hydrogen-bond acceptors (Lipinski definition) is 2. The van der Waals surface area contributed by atoms with Crippen LogP contribution in [0.4, 0.5) is 0 Å². The number of para-hydroxylation sites is 1. The zero-order valence-corrected chi connectivity index (χ0v) is 11.3. The Bertz CT molecular complexity index is 749. The van der Waals surface area contributed by atoms with E-state index < -0.39 is 14.7 Å². The topological polar surface area (TPSA) is 43.4 Å². The first-order valence-electron chi connectivity index (χ1n) is 5.48. The van der Waals surface area contributed by atoms with Gasteiger partial charge < -0.3 is 4.57 Å². The quantitative estimate of drug-likeness (QED) is 0.781. The average molecular weight is 262 g/mol. The molecule has 1 heterocycles. The van der Waals surface area contributed by atoms with Gasteiger partial charge in [-0.15, -0.1) is 0 Å². The van der Waals surface area contributed by atoms with Crippen LogP contribution in [0.5, 0.6) is 0 Å². The minimum absolute atomic E-state index is 0.224. The average Bonchev–Trinajstić information content (AvgIpc) is 2.68. The maximum absolute atomic E-state index is 12.5. The highest BCUT2D eigenvalue weighted by Gasteiger charge is 2.43. The van der Waals surface area contributed by atoms with Gasteiger partial charge in [0.1, 0.15) is 4.90 Å². The number of hydrogen-bond donors (Lipinski definition) is 0. The summed E-state index contributed by atoms with van der Waals surface area (Å²) in [4.78, 5) is 2.01. The van der Waals surface area contributed by atoms with Crippen LogP contribution in [0.3, 0.4) is 0 Å². The number of benzene rings is 1. The molecule has 0 saturated heterocycles. The molecule has 94 valence electrons. The Morgan fingerprint density at radius 1 is 1.28 bits per heavy atom. The lowest BCUT2D eigenvalue weighted by molar-refractivity contribution is 0.572. The third-order valence-corrected chi connectivity index (χ3v) is 5.39. The van der Waals surface area contributed by atoms with Crippen molar-refractivity contribution in [1.29, 1.82) is 0 Å². The molecule has 4 nitrogen and oxygen atoms in total. The first-order chi connectivity index (χ1) is 8.31. The first-order valence-corrected chi connectivity index (χ1v) is 6.97. The van der Waals surface area contributed by atoms with Crippen LogP contribution < -0.4 is 0 Å². The summed E-state index contributed by atoms with van der Waals surface area (Å²) in [5.41, 5.74) is 0.844. The Hall–Kier alpha value is -1.80. The molecule has 0 aliphatic heterocycles. The smallest absolute Gasteiger partial charge is 0.328 e. The van der Waals surface area contributed by atoms with Gasteiger partial charge in [0.25, 0.3) is 9.84 Å². The minimum atomic E-state index is -3.67. The normalized spacial score (nSPS) is 12.6. The highest BCUT2D eigenvalue weighted by Crippen LogP contribution is 2.32. The van der Waals surface area contributed by atoms with E-state index in [9.17, 15) is 8.42 Å². The largest absolute Gasteiger partial charge is 0.349 e. The molecule has 0 unspecified atom stereocenters. The predicted molar refractivity (Wildman–Crippen MR) is 70.8 cm³/mol. The Morgan fingerprint density at radius 3 is 2.50 bits per heavy atom. The lowest BCUT2D eigenvalue weighted by Gasteiger charge is -2.11. The molecule has 1 aromatic carbocycles. The van der Waals surface area contributed by atoms with E-state index in [0.29, 0.717) is 5.39 Å². The summed E-state index contributed by atoms with van der Waals surface area (Å²) < 4.78 is 26.7. The van der Waals surface area contributed by atoms with Gasteiger partial charge in [-0.3, -0.25) is 4.85 Å². The van der Waals surface area contributed by atoms with E-state index in [-0.39, 0.29) is 4.90 Å². The predicted octanol–water partition coefficient (Wildman–Crippen LogP) is 2.61. The van der Waals surface area contributed by atoms with E-state index >= 15 is 0 Å². The van der Waals surface area contributed by atoms with Crippen LogP contribution >= 0.6 is 0 Å². The molecule has 1 aromatic heterocycles. The fourth-order valence-electron chi connectivity index (χ4n) is 1.85. The summed E-state index contributed by atoms with van der Waals surface area (Å²) in [6, 6.07) is 7.28. The van der Waals surface area contributed by atoms with E-state index in [1.54, 1.807) is 29.9 Å². The summed E-state index contributed by atoms with van der Waals surface area (Å²) in [7, 11) is -1.87. The highest BCUT2D eigenvalue weighted by molar-refractivity contribution is 7.93. The van der Waals surface area contributed by atoms with Crippen LogP contribution in [0.2, 0.25) is 0 Å². The van der Waals surface area contributed by atoms with E-state index in [0.717, 1.165) is 5.52 Å². The zero-order valence-electron chi connectivity index (χ0n) is 10.5. The summed E-state index contributed by atoms with van der Waals surface area (Å²) in [6.45, 7) is 9.92. The third-order valence-electron chi connectivity index (χ3n) is 3.08. The molecule has 2 rings (SSSR count). The van der Waals surface area contributed by atoms with Gasteiger partial charge in [-0.1, -0.05) is 18.2 Å². The fraction of sp³-hybridized carbons (Fsp3) is 0.308. The van der Waals surface area contributed by atoms with Crippen molar-refractivity contribution in [1.82, 2.24) is 4.57 Å². The fourth-order valence-corrected chi connectivity index (χ4v) is 3.27. The summed E-state index contributed by atoms with van der Waals surface area (Å²) in [5, 5.41) is 0.664. The molecule has 0 radical (unpaired) electrons. The molecule has 0 spiro atoms. The molecule has 0 saturated carbocycles. The van der Waals surface area contributed by atoms with Crippen LogP contribution in [0, 0.1) is 6.57 Å². The van der Waals surface area contributed by atoms with Crippen molar-refractivity contribution in [3.63, 3.8) is 0 Å². The van der Waals surface area contributed by atoms with E-state index in [2.05, 4.69) is 4.85 Å². The van der Waals surface area contributed by atoms with Gasteiger partial charge in [0.15, 0.2) is 0 Å². The van der Waals surface area contributed by atoms with Gasteiger partial charge in [-0.25, -0.2) is 15.0 Å². The van der Waals surface area contributed by atoms with Gasteiger partial charge in [0.05, 0.1) is 0 Å². The zero-order chi connectivity index (χ0) is 13.6. The highest BCUT2D eigenvalue weighted by atomic mass is 32.2. The van der Waals surface area contributed by atoms with Crippen molar-refractivity contribution in [3.8, 4) is 0 Å². The molecule has 0 fully saturated rings. The summed E-state index contributed by atoms with van der Waals surface area (Å²) in [5.74, 6) is 0. The number of sulfone groups is 1. The van der Waals surface area contributed by atoms with Gasteiger partial charge in [0.2, 0.25) is 0 Å². The van der Waals surface area contributed by atoms with Crippen molar-refractivity contribution in [2.45, 2.75) is 23.6 Å². The van der Waals surface area contributed by atoms with E-state index in [4.69, 9.17) is 6.57 Å². The number of aromatic nitrogens is 1. The third kappa shape index (κ3) is 1.61. The van der Waals surface area contributed by atoms with Gasteiger partial charge in [-0.2, -0.15) is 0 Å². The molecule has 0 N–H and O–H groups in total. The molecule has 0 amide bonds. The van der Waals surface area contributed by atoms with Gasteiger partial charge in [0, 0.05) is 38.0 Å².